The van der Waals surface area contributed by atoms with Gasteiger partial charge in [-0.15, -0.1) is 11.6 Å². The summed E-state index contributed by atoms with van der Waals surface area (Å²) in [6, 6.07) is 15.0. The van der Waals surface area contributed by atoms with E-state index in [0.29, 0.717) is 34.5 Å². The van der Waals surface area contributed by atoms with Crippen LogP contribution in [0.2, 0.25) is 0 Å². The van der Waals surface area contributed by atoms with Crippen LogP contribution in [0, 0.1) is 5.82 Å². The van der Waals surface area contributed by atoms with E-state index in [4.69, 9.17) is 11.6 Å². The second kappa shape index (κ2) is 9.99. The molecule has 1 aliphatic heterocycles. The number of allylic oxidation sites excluding steroid dienone is 4. The number of halogens is 2. The summed E-state index contributed by atoms with van der Waals surface area (Å²) in [5.74, 6) is -1.48. The number of hydrogen-bond acceptors (Lipinski definition) is 5. The number of sulfone groups is 1. The summed E-state index contributed by atoms with van der Waals surface area (Å²) >= 11 is 6.22. The first-order chi connectivity index (χ1) is 17.7. The lowest BCUT2D eigenvalue weighted by atomic mass is 10.0. The number of benzene rings is 2. The maximum absolute atomic E-state index is 13.5. The normalized spacial score (nSPS) is 19.3. The predicted molar refractivity (Wildman–Crippen MR) is 144 cm³/mol. The summed E-state index contributed by atoms with van der Waals surface area (Å²) in [7, 11) is -1.89. The molecule has 2 aromatic carbocycles. The maximum atomic E-state index is 13.5. The van der Waals surface area contributed by atoms with Crippen LogP contribution in [0.5, 0.6) is 0 Å². The van der Waals surface area contributed by atoms with Crippen LogP contribution < -0.4 is 10.4 Å². The molecule has 0 saturated heterocycles. The van der Waals surface area contributed by atoms with Crippen molar-refractivity contribution < 1.29 is 17.6 Å². The van der Waals surface area contributed by atoms with E-state index in [-0.39, 0.29) is 22.6 Å². The van der Waals surface area contributed by atoms with E-state index < -0.39 is 21.6 Å². The molecule has 2 heterocycles. The molecule has 1 aromatic heterocycles. The molecule has 1 amide bonds. The zero-order valence-corrected chi connectivity index (χ0v) is 21.5. The highest BCUT2D eigenvalue weighted by Gasteiger charge is 2.35. The SMILES string of the molecule is CN(NC(=O)c1nn(C2=CCC(Cl)C=C2)c2c1CS(=O)(=O)C/C2=C\c1ccc(F)cc1)c1ccccc1. The molecule has 0 saturated carbocycles. The molecule has 2 aliphatic rings. The van der Waals surface area contributed by atoms with Gasteiger partial charge in [-0.1, -0.05) is 42.5 Å². The van der Waals surface area contributed by atoms with E-state index in [1.54, 1.807) is 34.9 Å². The fraction of sp³-hybridized carbons (Fsp3) is 0.185. The number of hydrogen-bond donors (Lipinski definition) is 1. The Kier molecular flexibility index (Phi) is 6.74. The number of hydrazine groups is 1. The fourth-order valence-corrected chi connectivity index (χ4v) is 6.07. The van der Waals surface area contributed by atoms with E-state index >= 15 is 0 Å². The van der Waals surface area contributed by atoms with Crippen molar-refractivity contribution in [2.75, 3.05) is 17.8 Å². The fourth-order valence-electron chi connectivity index (χ4n) is 4.39. The number of carbonyl (C=O) groups is 1. The van der Waals surface area contributed by atoms with Crippen LogP contribution in [0.15, 0.2) is 72.8 Å². The number of alkyl halides is 1. The minimum atomic E-state index is -3.58. The number of anilines is 1. The molecule has 1 atom stereocenters. The molecular formula is C27H24ClFN4O3S. The Morgan fingerprint density at radius 3 is 2.57 bits per heavy atom. The van der Waals surface area contributed by atoms with Crippen molar-refractivity contribution in [3.8, 4) is 0 Å². The van der Waals surface area contributed by atoms with Crippen molar-refractivity contribution in [3.05, 3.63) is 101 Å². The topological polar surface area (TPSA) is 84.3 Å². The quantitative estimate of drug-likeness (QED) is 0.377. The molecular weight excluding hydrogens is 515 g/mol. The average molecular weight is 539 g/mol. The summed E-state index contributed by atoms with van der Waals surface area (Å²) in [6.45, 7) is 0. The van der Waals surface area contributed by atoms with Crippen LogP contribution in [0.3, 0.4) is 0 Å². The van der Waals surface area contributed by atoms with Crippen LogP contribution in [-0.2, 0) is 15.6 Å². The Bertz CT molecular complexity index is 1540. The van der Waals surface area contributed by atoms with Gasteiger partial charge < -0.3 is 0 Å². The summed E-state index contributed by atoms with van der Waals surface area (Å²) in [5.41, 5.74) is 6.21. The van der Waals surface area contributed by atoms with Crippen LogP contribution in [-0.4, -0.2) is 42.3 Å². The van der Waals surface area contributed by atoms with Gasteiger partial charge in [0.05, 0.1) is 34.0 Å². The zero-order valence-electron chi connectivity index (χ0n) is 19.9. The number of nitrogens with one attached hydrogen (secondary N) is 1. The lowest BCUT2D eigenvalue weighted by Gasteiger charge is -2.21. The highest BCUT2D eigenvalue weighted by atomic mass is 35.5. The average Bonchev–Trinajstić information content (AvgIpc) is 3.25. The maximum Gasteiger partial charge on any atom is 0.290 e. The van der Waals surface area contributed by atoms with Gasteiger partial charge in [0.1, 0.15) is 5.82 Å². The van der Waals surface area contributed by atoms with E-state index in [2.05, 4.69) is 10.5 Å². The van der Waals surface area contributed by atoms with E-state index in [9.17, 15) is 17.6 Å². The summed E-state index contributed by atoms with van der Waals surface area (Å²) in [6.07, 6.45) is 7.81. The first-order valence-corrected chi connectivity index (χ1v) is 13.9. The highest BCUT2D eigenvalue weighted by Crippen LogP contribution is 2.36. The third-order valence-electron chi connectivity index (χ3n) is 6.14. The Labute approximate surface area is 219 Å². The Balaban J connectivity index is 1.63. The van der Waals surface area contributed by atoms with Gasteiger partial charge in [0, 0.05) is 12.6 Å². The van der Waals surface area contributed by atoms with E-state index in [0.717, 1.165) is 5.69 Å². The van der Waals surface area contributed by atoms with Gasteiger partial charge in [0.15, 0.2) is 15.5 Å². The predicted octanol–water partition coefficient (Wildman–Crippen LogP) is 4.68. The lowest BCUT2D eigenvalue weighted by Crippen LogP contribution is -2.40. The molecule has 190 valence electrons. The molecule has 1 unspecified atom stereocenters. The monoisotopic (exact) mass is 538 g/mol. The van der Waals surface area contributed by atoms with Gasteiger partial charge in [0.2, 0.25) is 0 Å². The molecule has 7 nitrogen and oxygen atoms in total. The number of carbonyl (C=O) groups excluding carboxylic acids is 1. The number of rotatable bonds is 5. The minimum Gasteiger partial charge on any atom is -0.288 e. The van der Waals surface area contributed by atoms with Crippen LogP contribution in [0.4, 0.5) is 10.1 Å². The van der Waals surface area contributed by atoms with Crippen molar-refractivity contribution in [2.24, 2.45) is 0 Å². The Morgan fingerprint density at radius 1 is 1.16 bits per heavy atom. The first kappa shape index (κ1) is 25.0. The van der Waals surface area contributed by atoms with E-state index in [1.165, 1.54) is 12.1 Å². The zero-order chi connectivity index (χ0) is 26.2. The van der Waals surface area contributed by atoms with Gasteiger partial charge in [-0.2, -0.15) is 5.10 Å². The van der Waals surface area contributed by atoms with Crippen molar-refractivity contribution in [2.45, 2.75) is 17.6 Å². The number of para-hydroxylation sites is 1. The minimum absolute atomic E-state index is 0.0216. The number of amides is 1. The molecule has 1 aliphatic carbocycles. The molecule has 0 fully saturated rings. The number of nitrogens with zero attached hydrogens (tertiary/aromatic N) is 3. The molecule has 1 N–H and O–H groups in total. The van der Waals surface area contributed by atoms with Gasteiger partial charge in [-0.3, -0.25) is 15.2 Å². The van der Waals surface area contributed by atoms with Gasteiger partial charge >= 0.3 is 0 Å². The van der Waals surface area contributed by atoms with E-state index in [1.807, 2.05) is 48.6 Å². The number of aromatic nitrogens is 2. The second-order valence-electron chi connectivity index (χ2n) is 8.92. The van der Waals surface area contributed by atoms with Crippen molar-refractivity contribution in [1.29, 1.82) is 0 Å². The lowest BCUT2D eigenvalue weighted by molar-refractivity contribution is 0.0945. The van der Waals surface area contributed by atoms with Gasteiger partial charge in [-0.25, -0.2) is 17.5 Å². The standard InChI is InChI=1S/C27H24ClFN4O3S/c1-32(22-5-3-2-4-6-22)31-27(34)25-24-17-37(35,36)16-19(15-18-7-11-21(29)12-8-18)26(24)33(30-25)23-13-9-20(28)10-14-23/h2-9,11-15,20H,10,16-17H2,1H3,(H,31,34)/b19-15+. The largest absolute Gasteiger partial charge is 0.290 e. The Hall–Kier alpha value is -3.69. The summed E-state index contributed by atoms with van der Waals surface area (Å²) in [5, 5.41) is 6.00. The molecule has 37 heavy (non-hydrogen) atoms. The van der Waals surface area contributed by atoms with Crippen LogP contribution in [0.1, 0.15) is 33.7 Å². The summed E-state index contributed by atoms with van der Waals surface area (Å²) in [4.78, 5) is 13.4. The van der Waals surface area contributed by atoms with Gasteiger partial charge in [0.25, 0.3) is 5.91 Å². The Morgan fingerprint density at radius 2 is 1.89 bits per heavy atom. The molecule has 0 radical (unpaired) electrons. The van der Waals surface area contributed by atoms with Crippen molar-refractivity contribution >= 4 is 50.4 Å². The van der Waals surface area contributed by atoms with Gasteiger partial charge in [-0.05, 0) is 54.0 Å². The van der Waals surface area contributed by atoms with Crippen LogP contribution in [0.25, 0.3) is 17.3 Å². The van der Waals surface area contributed by atoms with Crippen molar-refractivity contribution in [1.82, 2.24) is 15.2 Å². The molecule has 10 heteroatoms. The summed E-state index contributed by atoms with van der Waals surface area (Å²) < 4.78 is 41.1. The van der Waals surface area contributed by atoms with Crippen LogP contribution >= 0.6 is 11.6 Å². The van der Waals surface area contributed by atoms with Crippen molar-refractivity contribution in [3.63, 3.8) is 0 Å². The third kappa shape index (κ3) is 5.38. The third-order valence-corrected chi connectivity index (χ3v) is 7.94. The molecule has 0 spiro atoms. The first-order valence-electron chi connectivity index (χ1n) is 11.6. The number of fused-ring (bicyclic) bond motifs is 1. The molecule has 3 aromatic rings. The molecule has 5 rings (SSSR count). The smallest absolute Gasteiger partial charge is 0.288 e. The highest BCUT2D eigenvalue weighted by molar-refractivity contribution is 7.91. The second-order valence-corrected chi connectivity index (χ2v) is 11.5. The molecule has 0 bridgehead atoms.